The molecule has 39 heavy (non-hydrogen) atoms. The van der Waals surface area contributed by atoms with E-state index < -0.39 is 23.5 Å². The second kappa shape index (κ2) is 13.2. The molecule has 0 bridgehead atoms. The predicted octanol–water partition coefficient (Wildman–Crippen LogP) is 5.65. The maximum atomic E-state index is 13.3. The number of rotatable bonds is 12. The number of imidazole rings is 1. The molecule has 0 spiro atoms. The summed E-state index contributed by atoms with van der Waals surface area (Å²) < 4.78 is 7.58. The zero-order valence-corrected chi connectivity index (χ0v) is 25.0. The molecule has 0 aliphatic rings. The van der Waals surface area contributed by atoms with Gasteiger partial charge in [0.25, 0.3) is 5.91 Å². The van der Waals surface area contributed by atoms with E-state index in [2.05, 4.69) is 40.5 Å². The summed E-state index contributed by atoms with van der Waals surface area (Å²) in [5.41, 5.74) is 1.56. The largest absolute Gasteiger partial charge is 0.459 e. The molecule has 3 rings (SSSR count). The molecule has 8 nitrogen and oxygen atoms in total. The van der Waals surface area contributed by atoms with Crippen LogP contribution in [0, 0.1) is 5.92 Å². The average Bonchev–Trinajstić information content (AvgIpc) is 3.49. The molecule has 2 aromatic heterocycles. The van der Waals surface area contributed by atoms with Gasteiger partial charge in [-0.25, -0.2) is 4.98 Å². The third-order valence-electron chi connectivity index (χ3n) is 6.40. The Balaban J connectivity index is 1.82. The van der Waals surface area contributed by atoms with Crippen LogP contribution in [0.3, 0.4) is 0 Å². The van der Waals surface area contributed by atoms with E-state index in [9.17, 15) is 14.4 Å². The van der Waals surface area contributed by atoms with Crippen molar-refractivity contribution >= 4 is 40.2 Å². The maximum absolute atomic E-state index is 13.3. The molecule has 0 saturated carbocycles. The van der Waals surface area contributed by atoms with Crippen LogP contribution in [-0.2, 0) is 20.7 Å². The SMILES string of the molecule is CCC(CC)n1c(Cc2cccs2)nc2cc(C(=O)N[C@@H](CC(C)C)C(=O)NCC(=O)OC(C)(C)C)ccc21. The minimum Gasteiger partial charge on any atom is -0.459 e. The number of nitrogens with one attached hydrogen (secondary N) is 2. The molecule has 2 amide bonds. The fourth-order valence-electron chi connectivity index (χ4n) is 4.65. The van der Waals surface area contributed by atoms with Gasteiger partial charge in [-0.15, -0.1) is 11.3 Å². The van der Waals surface area contributed by atoms with Gasteiger partial charge in [0.15, 0.2) is 0 Å². The van der Waals surface area contributed by atoms with Gasteiger partial charge in [0, 0.05) is 22.9 Å². The minimum absolute atomic E-state index is 0.153. The highest BCUT2D eigenvalue weighted by molar-refractivity contribution is 7.09. The van der Waals surface area contributed by atoms with E-state index in [1.165, 1.54) is 4.88 Å². The van der Waals surface area contributed by atoms with Gasteiger partial charge in [-0.1, -0.05) is 33.8 Å². The van der Waals surface area contributed by atoms with Crippen molar-refractivity contribution in [3.63, 3.8) is 0 Å². The highest BCUT2D eigenvalue weighted by Gasteiger charge is 2.25. The number of amides is 2. The molecule has 0 aliphatic heterocycles. The summed E-state index contributed by atoms with van der Waals surface area (Å²) in [4.78, 5) is 44.5. The lowest BCUT2D eigenvalue weighted by molar-refractivity contribution is -0.154. The number of aromatic nitrogens is 2. The van der Waals surface area contributed by atoms with Crippen molar-refractivity contribution in [3.8, 4) is 0 Å². The zero-order chi connectivity index (χ0) is 28.7. The Kier molecular flexibility index (Phi) is 10.3. The van der Waals surface area contributed by atoms with Gasteiger partial charge < -0.3 is 19.9 Å². The smallest absolute Gasteiger partial charge is 0.325 e. The topological polar surface area (TPSA) is 102 Å². The standard InChI is InChI=1S/C30H42N4O4S/c1-8-21(9-2)34-25-13-12-20(16-23(25)32-26(34)17-22-11-10-14-39-22)28(36)33-24(15-19(3)4)29(37)31-18-27(35)38-30(5,6)7/h10-14,16,19,21,24H,8-9,15,17-18H2,1-7H3,(H,31,37)(H,33,36)/t24-/m0/s1. The van der Waals surface area contributed by atoms with Crippen molar-refractivity contribution in [2.45, 2.75) is 91.8 Å². The van der Waals surface area contributed by atoms with Crippen LogP contribution in [-0.4, -0.2) is 45.5 Å². The van der Waals surface area contributed by atoms with Crippen molar-refractivity contribution in [1.29, 1.82) is 0 Å². The lowest BCUT2D eigenvalue weighted by Crippen LogP contribution is -2.49. The van der Waals surface area contributed by atoms with Crippen LogP contribution in [0.1, 0.15) is 94.8 Å². The summed E-state index contributed by atoms with van der Waals surface area (Å²) >= 11 is 1.71. The van der Waals surface area contributed by atoms with Crippen LogP contribution < -0.4 is 10.6 Å². The van der Waals surface area contributed by atoms with E-state index in [1.54, 1.807) is 44.2 Å². The van der Waals surface area contributed by atoms with Gasteiger partial charge in [-0.2, -0.15) is 0 Å². The van der Waals surface area contributed by atoms with E-state index in [0.717, 1.165) is 36.1 Å². The number of benzene rings is 1. The van der Waals surface area contributed by atoms with Crippen LogP contribution >= 0.6 is 11.3 Å². The maximum Gasteiger partial charge on any atom is 0.325 e. The zero-order valence-electron chi connectivity index (χ0n) is 24.2. The Bertz CT molecular complexity index is 1270. The molecule has 2 heterocycles. The molecule has 0 saturated heterocycles. The highest BCUT2D eigenvalue weighted by atomic mass is 32.1. The number of hydrogen-bond acceptors (Lipinski definition) is 6. The van der Waals surface area contributed by atoms with E-state index >= 15 is 0 Å². The van der Waals surface area contributed by atoms with Crippen molar-refractivity contribution in [2.24, 2.45) is 5.92 Å². The Hall–Kier alpha value is -3.20. The number of fused-ring (bicyclic) bond motifs is 1. The number of thiophene rings is 1. The van der Waals surface area contributed by atoms with E-state index in [4.69, 9.17) is 9.72 Å². The Morgan fingerprint density at radius 1 is 1.10 bits per heavy atom. The van der Waals surface area contributed by atoms with E-state index in [0.29, 0.717) is 18.0 Å². The van der Waals surface area contributed by atoms with Crippen LogP contribution in [0.5, 0.6) is 0 Å². The highest BCUT2D eigenvalue weighted by Crippen LogP contribution is 2.28. The summed E-state index contributed by atoms with van der Waals surface area (Å²) in [7, 11) is 0. The molecule has 0 fully saturated rings. The second-order valence-corrected chi connectivity index (χ2v) is 12.3. The molecule has 1 aromatic carbocycles. The third-order valence-corrected chi connectivity index (χ3v) is 7.28. The second-order valence-electron chi connectivity index (χ2n) is 11.3. The quantitative estimate of drug-likeness (QED) is 0.282. The van der Waals surface area contributed by atoms with Crippen LogP contribution in [0.25, 0.3) is 11.0 Å². The number of ether oxygens (including phenoxy) is 1. The molecule has 0 aliphatic carbocycles. The number of carbonyl (C=O) groups is 3. The first-order chi connectivity index (χ1) is 18.4. The molecule has 2 N–H and O–H groups in total. The van der Waals surface area contributed by atoms with Crippen LogP contribution in [0.2, 0.25) is 0 Å². The lowest BCUT2D eigenvalue weighted by atomic mass is 10.0. The molecular weight excluding hydrogens is 512 g/mol. The normalized spacial score (nSPS) is 12.6. The van der Waals surface area contributed by atoms with E-state index in [1.807, 2.05) is 26.0 Å². The van der Waals surface area contributed by atoms with Crippen LogP contribution in [0.15, 0.2) is 35.7 Å². The number of carbonyl (C=O) groups excluding carboxylic acids is 3. The van der Waals surface area contributed by atoms with Gasteiger partial charge in [-0.3, -0.25) is 14.4 Å². The van der Waals surface area contributed by atoms with Crippen molar-refractivity contribution < 1.29 is 19.1 Å². The summed E-state index contributed by atoms with van der Waals surface area (Å²) in [5, 5.41) is 7.55. The first kappa shape index (κ1) is 30.3. The number of hydrogen-bond donors (Lipinski definition) is 2. The van der Waals surface area contributed by atoms with Gasteiger partial charge in [0.1, 0.15) is 24.0 Å². The minimum atomic E-state index is -0.785. The third kappa shape index (κ3) is 8.39. The first-order valence-corrected chi connectivity index (χ1v) is 14.6. The Labute approximate surface area is 235 Å². The Morgan fingerprint density at radius 2 is 1.82 bits per heavy atom. The summed E-state index contributed by atoms with van der Waals surface area (Å²) in [5.74, 6) is -0.159. The van der Waals surface area contributed by atoms with Crippen LogP contribution in [0.4, 0.5) is 0 Å². The van der Waals surface area contributed by atoms with Gasteiger partial charge in [-0.05, 0) is 75.6 Å². The van der Waals surface area contributed by atoms with Crippen molar-refractivity contribution in [2.75, 3.05) is 6.54 Å². The molecule has 9 heteroatoms. The van der Waals surface area contributed by atoms with Gasteiger partial charge in [0.05, 0.1) is 11.0 Å². The molecule has 1 atom stereocenters. The summed E-state index contributed by atoms with van der Waals surface area (Å²) in [6.45, 7) is 13.4. The first-order valence-electron chi connectivity index (χ1n) is 13.7. The molecular formula is C30H42N4O4S. The van der Waals surface area contributed by atoms with Gasteiger partial charge >= 0.3 is 5.97 Å². The monoisotopic (exact) mass is 554 g/mol. The fourth-order valence-corrected chi connectivity index (χ4v) is 5.35. The molecule has 0 radical (unpaired) electrons. The van der Waals surface area contributed by atoms with E-state index in [-0.39, 0.29) is 18.4 Å². The molecule has 212 valence electrons. The van der Waals surface area contributed by atoms with Gasteiger partial charge in [0.2, 0.25) is 5.91 Å². The summed E-state index contributed by atoms with van der Waals surface area (Å²) in [6, 6.07) is 9.23. The Morgan fingerprint density at radius 3 is 2.41 bits per heavy atom. The number of esters is 1. The lowest BCUT2D eigenvalue weighted by Gasteiger charge is -2.22. The van der Waals surface area contributed by atoms with Crippen molar-refractivity contribution in [3.05, 3.63) is 52.0 Å². The number of nitrogens with zero attached hydrogens (tertiary/aromatic N) is 2. The average molecular weight is 555 g/mol. The molecule has 0 unspecified atom stereocenters. The van der Waals surface area contributed by atoms with Crippen molar-refractivity contribution in [1.82, 2.24) is 20.2 Å². The fraction of sp³-hybridized carbons (Fsp3) is 0.533. The predicted molar refractivity (Wildman–Crippen MR) is 156 cm³/mol. The molecule has 3 aromatic rings. The summed E-state index contributed by atoms with van der Waals surface area (Å²) in [6.07, 6.45) is 3.13.